The van der Waals surface area contributed by atoms with Crippen LogP contribution in [-0.4, -0.2) is 28.7 Å². The van der Waals surface area contributed by atoms with E-state index in [1.807, 2.05) is 57.2 Å². The first-order valence-electron chi connectivity index (χ1n) is 6.19. The monoisotopic (exact) mass is 242 g/mol. The Hall–Kier alpha value is -1.90. The Labute approximate surface area is 108 Å². The van der Waals surface area contributed by atoms with Crippen molar-refractivity contribution in [2.75, 3.05) is 6.54 Å². The van der Waals surface area contributed by atoms with E-state index in [0.29, 0.717) is 12.3 Å². The molecule has 0 bridgehead atoms. The lowest BCUT2D eigenvalue weighted by molar-refractivity contribution is -0.126. The Bertz CT molecular complexity index is 500. The van der Waals surface area contributed by atoms with E-state index in [-0.39, 0.29) is 5.91 Å². The van der Waals surface area contributed by atoms with Crippen molar-refractivity contribution in [3.8, 4) is 0 Å². The molecule has 0 aromatic heterocycles. The second-order valence-corrected chi connectivity index (χ2v) is 4.78. The third-order valence-corrected chi connectivity index (χ3v) is 3.07. The standard InChI is InChI=1S/C15H18N2O/c1-4-17-14(18)13(16-15(17,2)3)11-10-12-8-6-5-7-9-12/h5-11H,4H2,1-3H3/b11-10+. The number of carbonyl (C=O) groups is 1. The SMILES string of the molecule is CCN1C(=O)C(/C=C/c2ccccc2)=NC1(C)C. The van der Waals surface area contributed by atoms with Gasteiger partial charge in [-0.15, -0.1) is 0 Å². The Morgan fingerprint density at radius 2 is 1.89 bits per heavy atom. The van der Waals surface area contributed by atoms with Crippen LogP contribution in [0.5, 0.6) is 0 Å². The summed E-state index contributed by atoms with van der Waals surface area (Å²) in [6.07, 6.45) is 3.72. The van der Waals surface area contributed by atoms with Crippen LogP contribution >= 0.6 is 0 Å². The number of aliphatic imine (C=N–C) groups is 1. The third kappa shape index (κ3) is 2.35. The van der Waals surface area contributed by atoms with Crippen LogP contribution in [0.4, 0.5) is 0 Å². The van der Waals surface area contributed by atoms with E-state index >= 15 is 0 Å². The molecule has 0 spiro atoms. The molecule has 3 nitrogen and oxygen atoms in total. The van der Waals surface area contributed by atoms with Crippen LogP contribution in [0.1, 0.15) is 26.3 Å². The number of amides is 1. The molecule has 1 aliphatic heterocycles. The number of hydrogen-bond acceptors (Lipinski definition) is 2. The first kappa shape index (κ1) is 12.6. The van der Waals surface area contributed by atoms with Crippen molar-refractivity contribution in [1.29, 1.82) is 0 Å². The average molecular weight is 242 g/mol. The fourth-order valence-electron chi connectivity index (χ4n) is 2.17. The molecule has 18 heavy (non-hydrogen) atoms. The number of carbonyl (C=O) groups excluding carboxylic acids is 1. The maximum atomic E-state index is 12.1. The largest absolute Gasteiger partial charge is 0.313 e. The van der Waals surface area contributed by atoms with Crippen LogP contribution in [0.15, 0.2) is 41.4 Å². The summed E-state index contributed by atoms with van der Waals surface area (Å²) in [6, 6.07) is 9.91. The number of benzene rings is 1. The van der Waals surface area contributed by atoms with Crippen LogP contribution in [0, 0.1) is 0 Å². The van der Waals surface area contributed by atoms with Gasteiger partial charge in [0.2, 0.25) is 0 Å². The molecule has 1 aromatic rings. The van der Waals surface area contributed by atoms with Crippen LogP contribution in [0.3, 0.4) is 0 Å². The van der Waals surface area contributed by atoms with Gasteiger partial charge in [0.15, 0.2) is 0 Å². The van der Waals surface area contributed by atoms with Crippen molar-refractivity contribution < 1.29 is 4.79 Å². The van der Waals surface area contributed by atoms with Gasteiger partial charge < -0.3 is 4.90 Å². The third-order valence-electron chi connectivity index (χ3n) is 3.07. The average Bonchev–Trinajstić information content (AvgIpc) is 2.57. The molecule has 94 valence electrons. The van der Waals surface area contributed by atoms with E-state index in [2.05, 4.69) is 4.99 Å². The molecule has 2 rings (SSSR count). The van der Waals surface area contributed by atoms with Crippen LogP contribution in [0.25, 0.3) is 6.08 Å². The molecule has 0 saturated carbocycles. The van der Waals surface area contributed by atoms with Gasteiger partial charge in [-0.25, -0.2) is 0 Å². The van der Waals surface area contributed by atoms with E-state index in [1.165, 1.54) is 0 Å². The molecule has 3 heteroatoms. The van der Waals surface area contributed by atoms with E-state index in [4.69, 9.17) is 0 Å². The number of rotatable bonds is 3. The highest BCUT2D eigenvalue weighted by atomic mass is 16.2. The van der Waals surface area contributed by atoms with Gasteiger partial charge in [-0.2, -0.15) is 0 Å². The summed E-state index contributed by atoms with van der Waals surface area (Å²) in [5, 5.41) is 0. The summed E-state index contributed by atoms with van der Waals surface area (Å²) in [5.41, 5.74) is 1.17. The first-order chi connectivity index (χ1) is 8.54. The summed E-state index contributed by atoms with van der Waals surface area (Å²) in [5.74, 6) is 0.00896. The van der Waals surface area contributed by atoms with Gasteiger partial charge in [-0.1, -0.05) is 36.4 Å². The van der Waals surface area contributed by atoms with Crippen molar-refractivity contribution in [2.24, 2.45) is 4.99 Å². The van der Waals surface area contributed by atoms with Crippen molar-refractivity contribution in [3.05, 3.63) is 42.0 Å². The minimum Gasteiger partial charge on any atom is -0.313 e. The number of hydrogen-bond donors (Lipinski definition) is 0. The molecule has 1 aliphatic rings. The van der Waals surface area contributed by atoms with Gasteiger partial charge in [0.1, 0.15) is 11.4 Å². The zero-order valence-electron chi connectivity index (χ0n) is 11.1. The lowest BCUT2D eigenvalue weighted by Crippen LogP contribution is -2.42. The van der Waals surface area contributed by atoms with E-state index < -0.39 is 5.66 Å². The first-order valence-corrected chi connectivity index (χ1v) is 6.19. The molecule has 1 heterocycles. The van der Waals surface area contributed by atoms with Crippen molar-refractivity contribution in [3.63, 3.8) is 0 Å². The highest BCUT2D eigenvalue weighted by Crippen LogP contribution is 2.23. The van der Waals surface area contributed by atoms with Crippen LogP contribution in [0.2, 0.25) is 0 Å². The van der Waals surface area contributed by atoms with Crippen molar-refractivity contribution in [2.45, 2.75) is 26.4 Å². The Morgan fingerprint density at radius 3 is 2.44 bits per heavy atom. The van der Waals surface area contributed by atoms with E-state index in [1.54, 1.807) is 11.0 Å². The molecule has 0 atom stereocenters. The predicted octanol–water partition coefficient (Wildman–Crippen LogP) is 2.74. The maximum Gasteiger partial charge on any atom is 0.273 e. The number of nitrogens with zero attached hydrogens (tertiary/aromatic N) is 2. The van der Waals surface area contributed by atoms with Gasteiger partial charge in [-0.3, -0.25) is 9.79 Å². The van der Waals surface area contributed by atoms with Gasteiger partial charge in [0.25, 0.3) is 5.91 Å². The molecule has 0 radical (unpaired) electrons. The summed E-state index contributed by atoms with van der Waals surface area (Å²) in [6.45, 7) is 6.56. The molecule has 1 aromatic carbocycles. The predicted molar refractivity (Wildman–Crippen MR) is 74.4 cm³/mol. The lowest BCUT2D eigenvalue weighted by Gasteiger charge is -2.27. The zero-order valence-corrected chi connectivity index (χ0v) is 11.1. The molecule has 0 unspecified atom stereocenters. The molecular weight excluding hydrogens is 224 g/mol. The van der Waals surface area contributed by atoms with Crippen molar-refractivity contribution >= 4 is 17.7 Å². The zero-order chi connectivity index (χ0) is 13.2. The molecule has 0 fully saturated rings. The molecule has 0 saturated heterocycles. The summed E-state index contributed by atoms with van der Waals surface area (Å²) in [4.78, 5) is 18.4. The fraction of sp³-hybridized carbons (Fsp3) is 0.333. The Kier molecular flexibility index (Phi) is 3.32. The minimum atomic E-state index is -0.428. The quantitative estimate of drug-likeness (QED) is 0.802. The van der Waals surface area contributed by atoms with E-state index in [0.717, 1.165) is 5.56 Å². The molecule has 0 aliphatic carbocycles. The Morgan fingerprint density at radius 1 is 1.22 bits per heavy atom. The van der Waals surface area contributed by atoms with Crippen LogP contribution in [-0.2, 0) is 4.79 Å². The summed E-state index contributed by atoms with van der Waals surface area (Å²) < 4.78 is 0. The normalized spacial score (nSPS) is 18.5. The van der Waals surface area contributed by atoms with Gasteiger partial charge in [0, 0.05) is 6.54 Å². The maximum absolute atomic E-state index is 12.1. The van der Waals surface area contributed by atoms with Gasteiger partial charge >= 0.3 is 0 Å². The smallest absolute Gasteiger partial charge is 0.273 e. The molecular formula is C15H18N2O. The minimum absolute atomic E-state index is 0.00896. The van der Waals surface area contributed by atoms with Gasteiger partial charge in [0.05, 0.1) is 0 Å². The van der Waals surface area contributed by atoms with Crippen molar-refractivity contribution in [1.82, 2.24) is 4.90 Å². The lowest BCUT2D eigenvalue weighted by atomic mass is 10.2. The fourth-order valence-corrected chi connectivity index (χ4v) is 2.17. The van der Waals surface area contributed by atoms with Crippen LogP contribution < -0.4 is 0 Å². The van der Waals surface area contributed by atoms with E-state index in [9.17, 15) is 4.79 Å². The molecule has 0 N–H and O–H groups in total. The van der Waals surface area contributed by atoms with Gasteiger partial charge in [-0.05, 0) is 32.4 Å². The Balaban J connectivity index is 2.21. The molecule has 1 amide bonds. The second kappa shape index (κ2) is 4.77. The highest BCUT2D eigenvalue weighted by molar-refractivity contribution is 6.45. The topological polar surface area (TPSA) is 32.7 Å². The highest BCUT2D eigenvalue weighted by Gasteiger charge is 2.37. The summed E-state index contributed by atoms with van der Waals surface area (Å²) >= 11 is 0. The summed E-state index contributed by atoms with van der Waals surface area (Å²) in [7, 11) is 0. The second-order valence-electron chi connectivity index (χ2n) is 4.78.